The van der Waals surface area contributed by atoms with Gasteiger partial charge in [-0.25, -0.2) is 14.8 Å². The second kappa shape index (κ2) is 15.9. The predicted octanol–water partition coefficient (Wildman–Crippen LogP) is 8.78. The smallest absolute Gasteiger partial charge is 0.344 e. The summed E-state index contributed by atoms with van der Waals surface area (Å²) in [6.45, 7) is 4.48. The maximum absolute atomic E-state index is 12.5. The van der Waals surface area contributed by atoms with Gasteiger partial charge in [0.1, 0.15) is 0 Å². The van der Waals surface area contributed by atoms with Gasteiger partial charge in [0.15, 0.2) is 0 Å². The largest absolute Gasteiger partial charge is 0.402 e. The van der Waals surface area contributed by atoms with Crippen molar-refractivity contribution in [1.29, 1.82) is 0 Å². The van der Waals surface area contributed by atoms with E-state index in [2.05, 4.69) is 48.1 Å². The molecule has 192 valence electrons. The quantitative estimate of drug-likeness (QED) is 0.150. The van der Waals surface area contributed by atoms with Crippen molar-refractivity contribution >= 4 is 5.97 Å². The van der Waals surface area contributed by atoms with Crippen molar-refractivity contribution in [2.24, 2.45) is 0 Å². The van der Waals surface area contributed by atoms with Crippen LogP contribution in [0.1, 0.15) is 106 Å². The molecule has 0 atom stereocenters. The molecule has 4 heteroatoms. The first-order chi connectivity index (χ1) is 17.7. The molecule has 0 amide bonds. The van der Waals surface area contributed by atoms with E-state index in [1.165, 1.54) is 88.0 Å². The highest BCUT2D eigenvalue weighted by Crippen LogP contribution is 2.20. The van der Waals surface area contributed by atoms with Crippen LogP contribution in [0.4, 0.5) is 0 Å². The van der Waals surface area contributed by atoms with Crippen LogP contribution in [0.3, 0.4) is 0 Å². The maximum atomic E-state index is 12.5. The minimum absolute atomic E-state index is 0.212. The number of rotatable bonds is 16. The van der Waals surface area contributed by atoms with Crippen LogP contribution < -0.4 is 4.74 Å². The van der Waals surface area contributed by atoms with Gasteiger partial charge in [-0.05, 0) is 48.9 Å². The zero-order valence-electron chi connectivity index (χ0n) is 22.2. The molecule has 0 aliphatic carbocycles. The molecule has 0 saturated heterocycles. The van der Waals surface area contributed by atoms with Crippen LogP contribution in [0.5, 0.6) is 5.88 Å². The average molecular weight is 487 g/mol. The van der Waals surface area contributed by atoms with Crippen LogP contribution >= 0.6 is 0 Å². The van der Waals surface area contributed by atoms with Crippen LogP contribution in [0.15, 0.2) is 60.9 Å². The molecule has 4 nitrogen and oxygen atoms in total. The number of hydrogen-bond donors (Lipinski definition) is 0. The molecular formula is C32H42N2O2. The Labute approximate surface area is 217 Å². The number of aryl methyl sites for hydroxylation is 2. The second-order valence-electron chi connectivity index (χ2n) is 9.71. The van der Waals surface area contributed by atoms with Crippen molar-refractivity contribution in [1.82, 2.24) is 9.97 Å². The molecule has 3 aromatic rings. The molecule has 1 heterocycles. The Kier molecular flexibility index (Phi) is 12.2. The van der Waals surface area contributed by atoms with Crippen LogP contribution in [0.25, 0.3) is 11.3 Å². The average Bonchev–Trinajstić information content (AvgIpc) is 2.92. The number of esters is 1. The van der Waals surface area contributed by atoms with Crippen LogP contribution in [-0.4, -0.2) is 15.9 Å². The van der Waals surface area contributed by atoms with Crippen molar-refractivity contribution in [2.75, 3.05) is 0 Å². The van der Waals surface area contributed by atoms with Gasteiger partial charge in [0.2, 0.25) is 5.88 Å². The van der Waals surface area contributed by atoms with Gasteiger partial charge < -0.3 is 4.74 Å². The number of benzene rings is 2. The van der Waals surface area contributed by atoms with Crippen molar-refractivity contribution in [3.63, 3.8) is 0 Å². The summed E-state index contributed by atoms with van der Waals surface area (Å²) in [5, 5.41) is 0. The minimum Gasteiger partial charge on any atom is -0.402 e. The second-order valence-corrected chi connectivity index (χ2v) is 9.71. The molecule has 0 fully saturated rings. The van der Waals surface area contributed by atoms with Gasteiger partial charge in [-0.15, -0.1) is 0 Å². The standard InChI is InChI=1S/C32H42N2O2/c1-3-5-7-9-10-11-13-15-27-18-22-29(23-19-27)32(35)36-31-25-33-30(24-34-31)28-20-16-26(17-21-28)14-12-8-6-4-2/h16-25H,3-15H2,1-2H3. The third-order valence-corrected chi connectivity index (χ3v) is 6.65. The Bertz CT molecular complexity index is 1010. The van der Waals surface area contributed by atoms with Crippen molar-refractivity contribution in [3.05, 3.63) is 77.6 Å². The Morgan fingerprint density at radius 2 is 1.17 bits per heavy atom. The first-order valence-electron chi connectivity index (χ1n) is 13.9. The van der Waals surface area contributed by atoms with Gasteiger partial charge in [0.05, 0.1) is 23.7 Å². The summed E-state index contributed by atoms with van der Waals surface area (Å²) in [5.74, 6) is -0.199. The monoisotopic (exact) mass is 486 g/mol. The highest BCUT2D eigenvalue weighted by molar-refractivity contribution is 5.90. The molecule has 3 rings (SSSR count). The predicted molar refractivity (Wildman–Crippen MR) is 148 cm³/mol. The molecule has 2 aromatic carbocycles. The molecule has 0 aliphatic heterocycles. The molecule has 0 radical (unpaired) electrons. The summed E-state index contributed by atoms with van der Waals surface area (Å²) >= 11 is 0. The van der Waals surface area contributed by atoms with Crippen LogP contribution in [0, 0.1) is 0 Å². The molecule has 0 bridgehead atoms. The molecule has 0 saturated carbocycles. The number of ether oxygens (including phenoxy) is 1. The highest BCUT2D eigenvalue weighted by Gasteiger charge is 2.10. The van der Waals surface area contributed by atoms with Gasteiger partial charge in [-0.2, -0.15) is 0 Å². The highest BCUT2D eigenvalue weighted by atomic mass is 16.5. The van der Waals surface area contributed by atoms with E-state index in [1.807, 2.05) is 24.3 Å². The summed E-state index contributed by atoms with van der Waals surface area (Å²) in [7, 11) is 0. The zero-order valence-corrected chi connectivity index (χ0v) is 22.2. The molecule has 36 heavy (non-hydrogen) atoms. The summed E-state index contributed by atoms with van der Waals surface area (Å²) in [6.07, 6.45) is 19.5. The topological polar surface area (TPSA) is 52.1 Å². The van der Waals surface area contributed by atoms with E-state index >= 15 is 0 Å². The van der Waals surface area contributed by atoms with E-state index < -0.39 is 5.97 Å². The maximum Gasteiger partial charge on any atom is 0.344 e. The third-order valence-electron chi connectivity index (χ3n) is 6.65. The SMILES string of the molecule is CCCCCCCCCc1ccc(C(=O)Oc2cnc(-c3ccc(CCCCCC)cc3)cn2)cc1. The number of unbranched alkanes of at least 4 members (excludes halogenated alkanes) is 9. The van der Waals surface area contributed by atoms with Crippen molar-refractivity contribution in [2.45, 2.75) is 97.3 Å². The lowest BCUT2D eigenvalue weighted by atomic mass is 10.0. The first kappa shape index (κ1) is 27.6. The van der Waals surface area contributed by atoms with E-state index in [1.54, 1.807) is 6.20 Å². The van der Waals surface area contributed by atoms with Gasteiger partial charge in [0, 0.05) is 5.56 Å². The molecule has 0 aliphatic rings. The Hall–Kier alpha value is -3.01. The fourth-order valence-electron chi connectivity index (χ4n) is 4.36. The van der Waals surface area contributed by atoms with E-state index in [-0.39, 0.29) is 5.88 Å². The number of carbonyl (C=O) groups is 1. The van der Waals surface area contributed by atoms with E-state index in [0.717, 1.165) is 24.1 Å². The van der Waals surface area contributed by atoms with Crippen LogP contribution in [0.2, 0.25) is 0 Å². The Balaban J connectivity index is 1.44. The van der Waals surface area contributed by atoms with Gasteiger partial charge in [-0.1, -0.05) is 108 Å². The summed E-state index contributed by atoms with van der Waals surface area (Å²) in [5.41, 5.74) is 4.91. The molecule has 0 N–H and O–H groups in total. The normalized spacial score (nSPS) is 10.9. The van der Waals surface area contributed by atoms with E-state index in [0.29, 0.717) is 5.56 Å². The number of aromatic nitrogens is 2. The lowest BCUT2D eigenvalue weighted by molar-refractivity contribution is 0.0727. The number of hydrogen-bond acceptors (Lipinski definition) is 4. The molecule has 0 spiro atoms. The lowest BCUT2D eigenvalue weighted by Gasteiger charge is -2.07. The Morgan fingerprint density at radius 3 is 1.72 bits per heavy atom. The molecule has 0 unspecified atom stereocenters. The van der Waals surface area contributed by atoms with E-state index in [4.69, 9.17) is 4.74 Å². The zero-order chi connectivity index (χ0) is 25.4. The number of nitrogens with zero attached hydrogens (tertiary/aromatic N) is 2. The van der Waals surface area contributed by atoms with Crippen molar-refractivity contribution in [3.8, 4) is 17.1 Å². The van der Waals surface area contributed by atoms with Gasteiger partial charge in [0.25, 0.3) is 0 Å². The lowest BCUT2D eigenvalue weighted by Crippen LogP contribution is -2.09. The fourth-order valence-corrected chi connectivity index (χ4v) is 4.36. The number of carbonyl (C=O) groups excluding carboxylic acids is 1. The molecular weight excluding hydrogens is 444 g/mol. The van der Waals surface area contributed by atoms with Gasteiger partial charge in [-0.3, -0.25) is 0 Å². The Morgan fingerprint density at radius 1 is 0.639 bits per heavy atom. The molecule has 1 aromatic heterocycles. The van der Waals surface area contributed by atoms with Gasteiger partial charge >= 0.3 is 5.97 Å². The minimum atomic E-state index is -0.410. The van der Waals surface area contributed by atoms with E-state index in [9.17, 15) is 4.79 Å². The first-order valence-corrected chi connectivity index (χ1v) is 13.9. The summed E-state index contributed by atoms with van der Waals surface area (Å²) in [6, 6.07) is 16.2. The van der Waals surface area contributed by atoms with Crippen molar-refractivity contribution < 1.29 is 9.53 Å². The summed E-state index contributed by atoms with van der Waals surface area (Å²) in [4.78, 5) is 21.3. The fraction of sp³-hybridized carbons (Fsp3) is 0.469. The van der Waals surface area contributed by atoms with Crippen LogP contribution in [-0.2, 0) is 12.8 Å². The summed E-state index contributed by atoms with van der Waals surface area (Å²) < 4.78 is 5.45. The third kappa shape index (κ3) is 9.56.